The first-order valence-electron chi connectivity index (χ1n) is 4.80. The lowest BCUT2D eigenvalue weighted by Crippen LogP contribution is -2.22. The molecule has 2 rings (SSSR count). The van der Waals surface area contributed by atoms with Gasteiger partial charge in [0.2, 0.25) is 11.8 Å². The van der Waals surface area contributed by atoms with E-state index in [0.29, 0.717) is 17.8 Å². The predicted octanol–water partition coefficient (Wildman–Crippen LogP) is -0.339. The first-order chi connectivity index (χ1) is 7.56. The summed E-state index contributed by atoms with van der Waals surface area (Å²) >= 11 is 0. The van der Waals surface area contributed by atoms with Crippen molar-refractivity contribution in [2.75, 3.05) is 22.9 Å². The minimum absolute atomic E-state index is 0.0108. The summed E-state index contributed by atoms with van der Waals surface area (Å²) in [5, 5.41) is 5.51. The smallest absolute Gasteiger partial charge is 0.236 e. The van der Waals surface area contributed by atoms with Gasteiger partial charge in [-0.3, -0.25) is 9.59 Å². The minimum Gasteiger partial charge on any atom is -0.397 e. The van der Waals surface area contributed by atoms with Gasteiger partial charge >= 0.3 is 0 Å². The quantitative estimate of drug-likeness (QED) is 0.522. The van der Waals surface area contributed by atoms with Crippen LogP contribution in [-0.2, 0) is 16.0 Å². The molecule has 0 saturated heterocycles. The third-order valence-electron chi connectivity index (χ3n) is 2.35. The Morgan fingerprint density at radius 1 is 1.50 bits per heavy atom. The van der Waals surface area contributed by atoms with E-state index < -0.39 is 5.91 Å². The zero-order chi connectivity index (χ0) is 11.7. The second-order valence-corrected chi connectivity index (χ2v) is 3.64. The number of rotatable bonds is 3. The molecular formula is C10H12N4O2. The van der Waals surface area contributed by atoms with Gasteiger partial charge in [0.05, 0.1) is 24.3 Å². The molecule has 0 unspecified atom stereocenters. The fourth-order valence-electron chi connectivity index (χ4n) is 1.63. The predicted molar refractivity (Wildman–Crippen MR) is 60.9 cm³/mol. The summed E-state index contributed by atoms with van der Waals surface area (Å²) in [6.07, 6.45) is 0.343. The van der Waals surface area contributed by atoms with E-state index in [2.05, 4.69) is 10.6 Å². The molecule has 6 nitrogen and oxygen atoms in total. The van der Waals surface area contributed by atoms with Crippen LogP contribution < -0.4 is 22.1 Å². The fraction of sp³-hybridized carbons (Fsp3) is 0.200. The molecule has 0 radical (unpaired) electrons. The number of amides is 2. The Labute approximate surface area is 92.0 Å². The molecule has 0 atom stereocenters. The number of anilines is 3. The van der Waals surface area contributed by atoms with Crippen LogP contribution in [0.15, 0.2) is 12.1 Å². The number of hydrogen-bond acceptors (Lipinski definition) is 4. The molecule has 0 spiro atoms. The van der Waals surface area contributed by atoms with Gasteiger partial charge < -0.3 is 22.1 Å². The molecule has 1 aromatic rings. The Morgan fingerprint density at radius 2 is 2.25 bits per heavy atom. The molecule has 1 aromatic carbocycles. The van der Waals surface area contributed by atoms with Crippen molar-refractivity contribution >= 4 is 28.9 Å². The van der Waals surface area contributed by atoms with E-state index in [9.17, 15) is 9.59 Å². The van der Waals surface area contributed by atoms with Crippen LogP contribution in [0.1, 0.15) is 5.56 Å². The molecule has 0 aliphatic carbocycles. The van der Waals surface area contributed by atoms with Crippen molar-refractivity contribution < 1.29 is 9.59 Å². The number of nitrogens with one attached hydrogen (secondary N) is 2. The van der Waals surface area contributed by atoms with Crippen molar-refractivity contribution in [1.29, 1.82) is 0 Å². The normalized spacial score (nSPS) is 13.1. The third kappa shape index (κ3) is 1.90. The maximum atomic E-state index is 11.1. The Bertz CT molecular complexity index is 470. The molecular weight excluding hydrogens is 208 g/mol. The van der Waals surface area contributed by atoms with Crippen LogP contribution in [0.25, 0.3) is 0 Å². The number of nitrogens with two attached hydrogens (primary N) is 2. The number of nitrogen functional groups attached to an aromatic ring is 1. The van der Waals surface area contributed by atoms with E-state index in [4.69, 9.17) is 11.5 Å². The monoisotopic (exact) mass is 220 g/mol. The van der Waals surface area contributed by atoms with E-state index in [1.165, 1.54) is 0 Å². The highest BCUT2D eigenvalue weighted by molar-refractivity contribution is 6.01. The molecule has 84 valence electrons. The van der Waals surface area contributed by atoms with Crippen LogP contribution in [0.5, 0.6) is 0 Å². The molecule has 16 heavy (non-hydrogen) atoms. The van der Waals surface area contributed by atoms with E-state index in [1.807, 2.05) is 0 Å². The highest BCUT2D eigenvalue weighted by Crippen LogP contribution is 2.31. The number of benzene rings is 1. The minimum atomic E-state index is -0.469. The van der Waals surface area contributed by atoms with E-state index in [0.717, 1.165) is 11.3 Å². The Balaban J connectivity index is 2.24. The highest BCUT2D eigenvalue weighted by Gasteiger charge is 2.19. The van der Waals surface area contributed by atoms with Gasteiger partial charge in [0, 0.05) is 5.69 Å². The fourth-order valence-corrected chi connectivity index (χ4v) is 1.63. The molecule has 1 aliphatic heterocycles. The number of primary amides is 1. The Kier molecular flexibility index (Phi) is 2.40. The van der Waals surface area contributed by atoms with Crippen LogP contribution in [0.2, 0.25) is 0 Å². The zero-order valence-corrected chi connectivity index (χ0v) is 8.54. The molecule has 1 heterocycles. The van der Waals surface area contributed by atoms with Gasteiger partial charge in [-0.25, -0.2) is 0 Å². The van der Waals surface area contributed by atoms with Crippen LogP contribution in [-0.4, -0.2) is 18.4 Å². The van der Waals surface area contributed by atoms with Gasteiger partial charge in [0.15, 0.2) is 0 Å². The van der Waals surface area contributed by atoms with Gasteiger partial charge in [0.1, 0.15) is 0 Å². The van der Waals surface area contributed by atoms with Crippen LogP contribution in [0, 0.1) is 0 Å². The third-order valence-corrected chi connectivity index (χ3v) is 2.35. The van der Waals surface area contributed by atoms with E-state index in [1.54, 1.807) is 12.1 Å². The van der Waals surface area contributed by atoms with Crippen LogP contribution in [0.4, 0.5) is 17.1 Å². The SMILES string of the molecule is NC(=O)CNc1cc2c(cc1N)CC(=O)N2. The molecule has 6 N–H and O–H groups in total. The summed E-state index contributed by atoms with van der Waals surface area (Å²) in [5.41, 5.74) is 13.5. The van der Waals surface area contributed by atoms with Crippen molar-refractivity contribution in [3.63, 3.8) is 0 Å². The van der Waals surface area contributed by atoms with Crippen molar-refractivity contribution in [3.8, 4) is 0 Å². The summed E-state index contributed by atoms with van der Waals surface area (Å²) in [4.78, 5) is 21.8. The second kappa shape index (κ2) is 3.73. The van der Waals surface area contributed by atoms with E-state index in [-0.39, 0.29) is 12.5 Å². The number of fused-ring (bicyclic) bond motifs is 1. The van der Waals surface area contributed by atoms with Crippen molar-refractivity contribution in [3.05, 3.63) is 17.7 Å². The highest BCUT2D eigenvalue weighted by atomic mass is 16.2. The lowest BCUT2D eigenvalue weighted by Gasteiger charge is -2.09. The van der Waals surface area contributed by atoms with Crippen LogP contribution in [0.3, 0.4) is 0 Å². The molecule has 0 saturated carbocycles. The largest absolute Gasteiger partial charge is 0.397 e. The molecule has 0 aromatic heterocycles. The van der Waals surface area contributed by atoms with Gasteiger partial charge in [0.25, 0.3) is 0 Å². The summed E-state index contributed by atoms with van der Waals surface area (Å²) in [7, 11) is 0. The van der Waals surface area contributed by atoms with Gasteiger partial charge in [-0.2, -0.15) is 0 Å². The lowest BCUT2D eigenvalue weighted by molar-refractivity contribution is -0.116. The average Bonchev–Trinajstić information content (AvgIpc) is 2.53. The maximum absolute atomic E-state index is 11.1. The summed E-state index contributed by atoms with van der Waals surface area (Å²) in [5.74, 6) is -0.523. The summed E-state index contributed by atoms with van der Waals surface area (Å²) < 4.78 is 0. The number of hydrogen-bond donors (Lipinski definition) is 4. The first-order valence-corrected chi connectivity index (χ1v) is 4.80. The number of carbonyl (C=O) groups excluding carboxylic acids is 2. The Morgan fingerprint density at radius 3 is 2.94 bits per heavy atom. The summed E-state index contributed by atoms with van der Waals surface area (Å²) in [6.45, 7) is 0.0108. The number of carbonyl (C=O) groups is 2. The topological polar surface area (TPSA) is 110 Å². The van der Waals surface area contributed by atoms with Gasteiger partial charge in [-0.1, -0.05) is 0 Å². The van der Waals surface area contributed by atoms with Crippen molar-refractivity contribution in [2.24, 2.45) is 5.73 Å². The standard InChI is InChI=1S/C10H12N4O2/c11-6-1-5-2-10(16)14-7(5)3-8(6)13-4-9(12)15/h1,3,13H,2,4,11H2,(H2,12,15)(H,14,16). The molecule has 0 fully saturated rings. The van der Waals surface area contributed by atoms with E-state index >= 15 is 0 Å². The van der Waals surface area contributed by atoms with Crippen molar-refractivity contribution in [2.45, 2.75) is 6.42 Å². The zero-order valence-electron chi connectivity index (χ0n) is 8.54. The molecule has 1 aliphatic rings. The molecule has 2 amide bonds. The molecule has 0 bridgehead atoms. The summed E-state index contributed by atoms with van der Waals surface area (Å²) in [6, 6.07) is 3.43. The average molecular weight is 220 g/mol. The molecule has 6 heteroatoms. The van der Waals surface area contributed by atoms with Crippen LogP contribution >= 0.6 is 0 Å². The lowest BCUT2D eigenvalue weighted by atomic mass is 10.1. The maximum Gasteiger partial charge on any atom is 0.236 e. The van der Waals surface area contributed by atoms with Gasteiger partial charge in [-0.05, 0) is 17.7 Å². The van der Waals surface area contributed by atoms with Gasteiger partial charge in [-0.15, -0.1) is 0 Å². The van der Waals surface area contributed by atoms with Crippen molar-refractivity contribution in [1.82, 2.24) is 0 Å². The Hall–Kier alpha value is -2.24. The first kappa shape index (κ1) is 10.3. The second-order valence-electron chi connectivity index (χ2n) is 3.64.